The molecule has 0 fully saturated rings. The van der Waals surface area contributed by atoms with Gasteiger partial charge >= 0.3 is 11.9 Å². The van der Waals surface area contributed by atoms with Crippen molar-refractivity contribution in [3.05, 3.63) is 190 Å². The zero-order chi connectivity index (χ0) is 57.0. The molecule has 77 heavy (non-hydrogen) atoms. The minimum absolute atomic E-state index is 0.00495. The molecule has 0 amide bonds. The Morgan fingerprint density at radius 1 is 0.571 bits per heavy atom. The third kappa shape index (κ3) is 18.4. The molecular formula is C66H79ClF2O8. The predicted octanol–water partition coefficient (Wildman–Crippen LogP) is 17.2. The summed E-state index contributed by atoms with van der Waals surface area (Å²) in [6.07, 6.45) is 8.51. The smallest absolute Gasteiger partial charge is 0.306 e. The van der Waals surface area contributed by atoms with Crippen molar-refractivity contribution in [2.75, 3.05) is 27.4 Å². The topological polar surface area (TPSA) is 101 Å². The lowest BCUT2D eigenvalue weighted by Gasteiger charge is -2.24. The Morgan fingerprint density at radius 2 is 1.00 bits per heavy atom. The van der Waals surface area contributed by atoms with Crippen molar-refractivity contribution in [2.24, 2.45) is 0 Å². The summed E-state index contributed by atoms with van der Waals surface area (Å²) in [6.45, 7) is 25.2. The van der Waals surface area contributed by atoms with Crippen molar-refractivity contribution in [1.82, 2.24) is 0 Å². The fraction of sp³-hybridized carbons (Fsp3) is 0.364. The number of allylic oxidation sites excluding steroid dienone is 4. The maximum absolute atomic E-state index is 14.9. The second-order valence-electron chi connectivity index (χ2n) is 20.7. The summed E-state index contributed by atoms with van der Waals surface area (Å²) in [5.41, 5.74) is 10.7. The van der Waals surface area contributed by atoms with E-state index in [4.69, 9.17) is 35.3 Å². The van der Waals surface area contributed by atoms with Crippen LogP contribution >= 0.6 is 11.6 Å². The minimum atomic E-state index is -0.293. The van der Waals surface area contributed by atoms with E-state index >= 15 is 0 Å². The summed E-state index contributed by atoms with van der Waals surface area (Å²) < 4.78 is 56.1. The molecule has 6 aromatic rings. The highest BCUT2D eigenvalue weighted by Gasteiger charge is 2.24. The Balaban J connectivity index is 0.000000276. The average Bonchev–Trinajstić information content (AvgIpc) is 3.38. The summed E-state index contributed by atoms with van der Waals surface area (Å²) in [6, 6.07) is 32.8. The molecule has 8 nitrogen and oxygen atoms in total. The summed E-state index contributed by atoms with van der Waals surface area (Å²) in [7, 11) is 3.16. The Hall–Kier alpha value is -6.91. The molecule has 0 radical (unpaired) electrons. The standard InChI is InChI=1S/C33H39FO4.C18H20ClFO.C15H20O3/c1-8-10-24(19-32(35)37-9-2)27-14-12-26(17-22(27)3)38-21-23-11-15-30(33(4,5)6)28(18-23)29-20-25(36-7)13-16-31(29)34;1-18(2,3)16-7-5-12(11-19)9-14(16)15-10-13(21-4)6-8-17(15)20;1-4-6-12(10-15(17)18-5-2)14-8-7-13(16)9-11(14)3/h8,10-18,20,24H,9,19,21H2,1-7H3;5-10H,11H2,1-4H3;4,6-9,12,16H,5,10H2,1-3H3/b10-8+;;6-4+/t24-;;12-/m1.1/s1. The number of rotatable bonds is 18. The predicted molar refractivity (Wildman–Crippen MR) is 310 cm³/mol. The van der Waals surface area contributed by atoms with Gasteiger partial charge in [0.15, 0.2) is 0 Å². The second kappa shape index (κ2) is 29.6. The highest BCUT2D eigenvalue weighted by molar-refractivity contribution is 6.17. The van der Waals surface area contributed by atoms with E-state index in [-0.39, 0.29) is 52.0 Å². The number of ether oxygens (including phenoxy) is 5. The van der Waals surface area contributed by atoms with Crippen LogP contribution < -0.4 is 14.2 Å². The fourth-order valence-corrected chi connectivity index (χ4v) is 9.17. The summed E-state index contributed by atoms with van der Waals surface area (Å²) >= 11 is 5.93. The highest BCUT2D eigenvalue weighted by Crippen LogP contribution is 2.39. The van der Waals surface area contributed by atoms with E-state index in [1.165, 1.54) is 12.1 Å². The first-order chi connectivity index (χ1) is 36.5. The number of halogens is 3. The number of aromatic hydroxyl groups is 1. The summed E-state index contributed by atoms with van der Waals surface area (Å²) in [4.78, 5) is 23.7. The van der Waals surface area contributed by atoms with Crippen molar-refractivity contribution < 1.29 is 47.2 Å². The van der Waals surface area contributed by atoms with Crippen LogP contribution in [0.5, 0.6) is 23.0 Å². The lowest BCUT2D eigenvalue weighted by molar-refractivity contribution is -0.144. The third-order valence-corrected chi connectivity index (χ3v) is 13.1. The molecule has 0 saturated carbocycles. The van der Waals surface area contributed by atoms with Gasteiger partial charge in [0.2, 0.25) is 0 Å². The van der Waals surface area contributed by atoms with Gasteiger partial charge in [-0.1, -0.05) is 102 Å². The molecule has 0 aliphatic rings. The molecule has 0 unspecified atom stereocenters. The number of esters is 2. The van der Waals surface area contributed by atoms with Crippen LogP contribution in [-0.4, -0.2) is 44.5 Å². The van der Waals surface area contributed by atoms with E-state index < -0.39 is 0 Å². The number of phenols is 1. The van der Waals surface area contributed by atoms with E-state index in [2.05, 4.69) is 47.6 Å². The molecule has 6 aromatic carbocycles. The molecule has 0 bridgehead atoms. The van der Waals surface area contributed by atoms with Crippen molar-refractivity contribution in [3.8, 4) is 45.3 Å². The van der Waals surface area contributed by atoms with E-state index in [1.807, 2.05) is 114 Å². The molecule has 0 aliphatic carbocycles. The van der Waals surface area contributed by atoms with Crippen LogP contribution in [-0.2, 0) is 42.4 Å². The number of benzene rings is 6. The Bertz CT molecular complexity index is 2960. The molecule has 6 rings (SSSR count). The molecule has 0 aromatic heterocycles. The van der Waals surface area contributed by atoms with Gasteiger partial charge in [-0.25, -0.2) is 8.78 Å². The van der Waals surface area contributed by atoms with Crippen LogP contribution in [0.25, 0.3) is 22.3 Å². The quantitative estimate of drug-likeness (QED) is 0.0516. The van der Waals surface area contributed by atoms with Gasteiger partial charge in [-0.3, -0.25) is 9.59 Å². The number of hydrogen-bond acceptors (Lipinski definition) is 8. The van der Waals surface area contributed by atoms with Gasteiger partial charge in [0.1, 0.15) is 41.2 Å². The number of carbonyl (C=O) groups is 2. The van der Waals surface area contributed by atoms with Crippen LogP contribution in [0.15, 0.2) is 133 Å². The van der Waals surface area contributed by atoms with Crippen LogP contribution in [0.1, 0.15) is 138 Å². The van der Waals surface area contributed by atoms with E-state index in [9.17, 15) is 23.5 Å². The van der Waals surface area contributed by atoms with E-state index in [1.54, 1.807) is 57.5 Å². The van der Waals surface area contributed by atoms with Gasteiger partial charge in [-0.05, 0) is 181 Å². The first-order valence-corrected chi connectivity index (χ1v) is 26.7. The largest absolute Gasteiger partial charge is 0.508 e. The molecule has 0 heterocycles. The van der Waals surface area contributed by atoms with E-state index in [0.29, 0.717) is 61.2 Å². The lowest BCUT2D eigenvalue weighted by Crippen LogP contribution is -2.13. The van der Waals surface area contributed by atoms with Gasteiger partial charge in [0.05, 0.1) is 40.3 Å². The minimum Gasteiger partial charge on any atom is -0.508 e. The molecular weight excluding hydrogens is 994 g/mol. The van der Waals surface area contributed by atoms with Gasteiger partial charge in [-0.2, -0.15) is 0 Å². The van der Waals surface area contributed by atoms with Gasteiger partial charge in [0.25, 0.3) is 0 Å². The molecule has 1 N–H and O–H groups in total. The normalized spacial score (nSPS) is 12.2. The number of hydrogen-bond donors (Lipinski definition) is 1. The second-order valence-corrected chi connectivity index (χ2v) is 21.0. The summed E-state index contributed by atoms with van der Waals surface area (Å²) in [5.74, 6) is 1.61. The molecule has 0 spiro atoms. The van der Waals surface area contributed by atoms with E-state index in [0.717, 1.165) is 61.4 Å². The van der Waals surface area contributed by atoms with Crippen molar-refractivity contribution in [3.63, 3.8) is 0 Å². The van der Waals surface area contributed by atoms with Gasteiger partial charge < -0.3 is 28.8 Å². The molecule has 0 aliphatic heterocycles. The van der Waals surface area contributed by atoms with Crippen LogP contribution in [0, 0.1) is 25.5 Å². The molecule has 2 atom stereocenters. The zero-order valence-corrected chi connectivity index (χ0v) is 48.3. The number of aryl methyl sites for hydroxylation is 2. The van der Waals surface area contributed by atoms with Gasteiger partial charge in [0, 0.05) is 28.8 Å². The van der Waals surface area contributed by atoms with Crippen molar-refractivity contribution >= 4 is 23.5 Å². The first kappa shape index (κ1) is 62.6. The van der Waals surface area contributed by atoms with Crippen LogP contribution in [0.3, 0.4) is 0 Å². The Kier molecular flexibility index (Phi) is 24.0. The highest BCUT2D eigenvalue weighted by atomic mass is 35.5. The number of phenolic OH excluding ortho intramolecular Hbond substituents is 1. The monoisotopic (exact) mass is 1070 g/mol. The summed E-state index contributed by atoms with van der Waals surface area (Å²) in [5, 5.41) is 9.41. The molecule has 412 valence electrons. The van der Waals surface area contributed by atoms with Crippen molar-refractivity contribution in [1.29, 1.82) is 0 Å². The Labute approximate surface area is 462 Å². The van der Waals surface area contributed by atoms with Crippen molar-refractivity contribution in [2.45, 2.75) is 131 Å². The van der Waals surface area contributed by atoms with Crippen LogP contribution in [0.4, 0.5) is 8.78 Å². The lowest BCUT2D eigenvalue weighted by atomic mass is 9.81. The number of carbonyl (C=O) groups excluding carboxylic acids is 2. The Morgan fingerprint density at radius 3 is 1.40 bits per heavy atom. The number of alkyl halides is 1. The zero-order valence-electron chi connectivity index (χ0n) is 47.5. The maximum Gasteiger partial charge on any atom is 0.306 e. The number of methoxy groups -OCH3 is 2. The maximum atomic E-state index is 14.9. The average molecular weight is 1070 g/mol. The molecule has 11 heteroatoms. The molecule has 0 saturated heterocycles. The fourth-order valence-electron chi connectivity index (χ4n) is 9.01. The van der Waals surface area contributed by atoms with Crippen LogP contribution in [0.2, 0.25) is 0 Å². The third-order valence-electron chi connectivity index (χ3n) is 12.8. The van der Waals surface area contributed by atoms with Gasteiger partial charge in [-0.15, -0.1) is 11.6 Å². The SMILES string of the molecule is C/C=C/[C@H](CC(=O)OCC)c1ccc(O)cc1C.C/C=C/[C@H](CC(=O)OCC)c1ccc(OCc2ccc(C(C)(C)C)c(-c3cc(OC)ccc3F)c2)cc1C.COc1ccc(F)c(-c2cc(CCl)ccc2C(C)(C)C)c1. The first-order valence-electron chi connectivity index (χ1n) is 26.1.